The lowest BCUT2D eigenvalue weighted by molar-refractivity contribution is -0.0249. The third-order valence-electron chi connectivity index (χ3n) is 6.81. The summed E-state index contributed by atoms with van der Waals surface area (Å²) >= 11 is 6.43. The van der Waals surface area contributed by atoms with Crippen LogP contribution in [0.25, 0.3) is 10.9 Å². The van der Waals surface area contributed by atoms with Crippen molar-refractivity contribution in [3.05, 3.63) is 88.6 Å². The Hall–Kier alpha value is -4.10. The number of rotatable bonds is 10. The number of amides is 1. The van der Waals surface area contributed by atoms with E-state index in [-0.39, 0.29) is 47.3 Å². The van der Waals surface area contributed by atoms with Crippen molar-refractivity contribution < 1.29 is 32.2 Å². The number of morpholine rings is 1. The SMILES string of the molecule is COC(=O)c1ccc(CNc2cc(Cl)cc3c(S(=O)(=O)N4CCO[C@H](COc5ccccc5)C4)c(C(N)=O)[nH]c23)cc1. The van der Waals surface area contributed by atoms with Crippen molar-refractivity contribution in [3.63, 3.8) is 0 Å². The van der Waals surface area contributed by atoms with Crippen molar-refractivity contribution in [2.24, 2.45) is 5.73 Å². The first-order valence-electron chi connectivity index (χ1n) is 13.0. The van der Waals surface area contributed by atoms with Crippen LogP contribution in [-0.2, 0) is 26.0 Å². The fourth-order valence-corrected chi connectivity index (χ4v) is 6.74. The number of nitrogens with two attached hydrogens (primary N) is 1. The number of para-hydroxylation sites is 1. The Morgan fingerprint density at radius 1 is 1.14 bits per heavy atom. The Balaban J connectivity index is 1.42. The van der Waals surface area contributed by atoms with Crippen molar-refractivity contribution in [3.8, 4) is 5.75 Å². The average Bonchev–Trinajstić information content (AvgIpc) is 3.40. The summed E-state index contributed by atoms with van der Waals surface area (Å²) in [4.78, 5) is 26.9. The lowest BCUT2D eigenvalue weighted by Gasteiger charge is -2.32. The number of nitrogens with one attached hydrogen (secondary N) is 2. The van der Waals surface area contributed by atoms with Crippen LogP contribution in [0.3, 0.4) is 0 Å². The van der Waals surface area contributed by atoms with Gasteiger partial charge in [0.25, 0.3) is 5.91 Å². The van der Waals surface area contributed by atoms with Crippen LogP contribution in [0.2, 0.25) is 5.02 Å². The number of primary amides is 1. The van der Waals surface area contributed by atoms with E-state index < -0.39 is 28.0 Å². The number of hydrogen-bond donors (Lipinski definition) is 3. The molecule has 0 spiro atoms. The zero-order valence-corrected chi connectivity index (χ0v) is 24.2. The highest BCUT2D eigenvalue weighted by molar-refractivity contribution is 7.89. The number of carbonyl (C=O) groups is 2. The third-order valence-corrected chi connectivity index (χ3v) is 8.98. The molecule has 1 aliphatic rings. The van der Waals surface area contributed by atoms with Crippen LogP contribution in [0.1, 0.15) is 26.4 Å². The van der Waals surface area contributed by atoms with E-state index >= 15 is 0 Å². The minimum atomic E-state index is -4.22. The Bertz CT molecular complexity index is 1710. The van der Waals surface area contributed by atoms with Gasteiger partial charge in [-0.3, -0.25) is 4.79 Å². The van der Waals surface area contributed by atoms with Gasteiger partial charge in [0.05, 0.1) is 30.5 Å². The quantitative estimate of drug-likeness (QED) is 0.229. The Morgan fingerprint density at radius 3 is 2.57 bits per heavy atom. The summed E-state index contributed by atoms with van der Waals surface area (Å²) in [5.74, 6) is -0.731. The normalized spacial score (nSPS) is 15.8. The average molecular weight is 613 g/mol. The summed E-state index contributed by atoms with van der Waals surface area (Å²) < 4.78 is 45.6. The highest BCUT2D eigenvalue weighted by Gasteiger charge is 2.36. The number of hydrogen-bond acceptors (Lipinski definition) is 8. The molecular weight excluding hydrogens is 584 g/mol. The fraction of sp³-hybridized carbons (Fsp3) is 0.241. The summed E-state index contributed by atoms with van der Waals surface area (Å²) in [6, 6.07) is 19.1. The van der Waals surface area contributed by atoms with E-state index in [4.69, 9.17) is 31.5 Å². The van der Waals surface area contributed by atoms with Gasteiger partial charge in [-0.1, -0.05) is 41.9 Å². The molecule has 0 bridgehead atoms. The van der Waals surface area contributed by atoms with E-state index in [1.807, 2.05) is 18.2 Å². The van der Waals surface area contributed by atoms with Gasteiger partial charge in [0.2, 0.25) is 10.0 Å². The molecule has 220 valence electrons. The molecule has 1 atom stereocenters. The van der Waals surface area contributed by atoms with Crippen LogP contribution in [0, 0.1) is 0 Å². The molecule has 42 heavy (non-hydrogen) atoms. The van der Waals surface area contributed by atoms with E-state index in [1.165, 1.54) is 17.5 Å². The molecule has 2 heterocycles. The largest absolute Gasteiger partial charge is 0.491 e. The smallest absolute Gasteiger partial charge is 0.337 e. The van der Waals surface area contributed by atoms with E-state index in [2.05, 4.69) is 10.3 Å². The number of fused-ring (bicyclic) bond motifs is 1. The lowest BCUT2D eigenvalue weighted by atomic mass is 10.1. The number of ether oxygens (including phenoxy) is 3. The maximum atomic E-state index is 14.0. The molecule has 1 amide bonds. The number of sulfonamides is 1. The van der Waals surface area contributed by atoms with Crippen LogP contribution in [-0.4, -0.2) is 69.1 Å². The summed E-state index contributed by atoms with van der Waals surface area (Å²) in [6.45, 7) is 0.720. The van der Waals surface area contributed by atoms with Crippen molar-refractivity contribution in [2.45, 2.75) is 17.5 Å². The molecule has 4 aromatic rings. The summed E-state index contributed by atoms with van der Waals surface area (Å²) in [5, 5.41) is 3.71. The van der Waals surface area contributed by atoms with Gasteiger partial charge in [-0.05, 0) is 42.0 Å². The second kappa shape index (κ2) is 12.4. The first kappa shape index (κ1) is 29.4. The predicted molar refractivity (Wildman–Crippen MR) is 157 cm³/mol. The van der Waals surface area contributed by atoms with Gasteiger partial charge in [-0.15, -0.1) is 0 Å². The molecule has 0 aliphatic carbocycles. The number of halogens is 1. The second-order valence-corrected chi connectivity index (χ2v) is 11.9. The highest BCUT2D eigenvalue weighted by atomic mass is 35.5. The summed E-state index contributed by atoms with van der Waals surface area (Å²) in [5.41, 5.74) is 7.48. The molecule has 3 aromatic carbocycles. The standard InChI is InChI=1S/C29H29ClN4O7S/c1-39-29(36)19-9-7-18(8-10-19)15-32-24-14-20(30)13-23-25(24)33-26(28(31)35)27(23)42(37,38)34-11-12-40-22(16-34)17-41-21-5-3-2-4-6-21/h2-10,13-14,22,32-33H,11-12,15-17H2,1H3,(H2,31,35)/t22-/m0/s1. The molecule has 0 unspecified atom stereocenters. The Labute approximate surface area is 247 Å². The summed E-state index contributed by atoms with van der Waals surface area (Å²) in [7, 11) is -2.91. The third kappa shape index (κ3) is 6.21. The first-order valence-corrected chi connectivity index (χ1v) is 14.8. The maximum absolute atomic E-state index is 14.0. The van der Waals surface area contributed by atoms with Crippen LogP contribution in [0.15, 0.2) is 71.6 Å². The van der Waals surface area contributed by atoms with Crippen LogP contribution >= 0.6 is 11.6 Å². The number of esters is 1. The first-order chi connectivity index (χ1) is 20.2. The number of H-pyrrole nitrogens is 1. The number of nitrogens with zero attached hydrogens (tertiary/aromatic N) is 1. The molecule has 5 rings (SSSR count). The van der Waals surface area contributed by atoms with Gasteiger partial charge in [-0.2, -0.15) is 4.31 Å². The lowest BCUT2D eigenvalue weighted by Crippen LogP contribution is -2.47. The number of anilines is 1. The molecule has 1 saturated heterocycles. The molecular formula is C29H29ClN4O7S. The van der Waals surface area contributed by atoms with Crippen LogP contribution < -0.4 is 15.8 Å². The monoisotopic (exact) mass is 612 g/mol. The number of benzene rings is 3. The highest BCUT2D eigenvalue weighted by Crippen LogP contribution is 2.36. The van der Waals surface area contributed by atoms with E-state index in [0.29, 0.717) is 29.1 Å². The van der Waals surface area contributed by atoms with Gasteiger partial charge in [0.15, 0.2) is 0 Å². The van der Waals surface area contributed by atoms with Crippen molar-refractivity contribution in [1.82, 2.24) is 9.29 Å². The molecule has 1 aliphatic heterocycles. The minimum absolute atomic E-state index is 0.0211. The maximum Gasteiger partial charge on any atom is 0.337 e. The number of aromatic nitrogens is 1. The fourth-order valence-electron chi connectivity index (χ4n) is 4.74. The van der Waals surface area contributed by atoms with Gasteiger partial charge < -0.3 is 30.2 Å². The summed E-state index contributed by atoms with van der Waals surface area (Å²) in [6.07, 6.45) is -0.526. The molecule has 0 saturated carbocycles. The zero-order valence-electron chi connectivity index (χ0n) is 22.6. The minimum Gasteiger partial charge on any atom is -0.491 e. The molecule has 1 aromatic heterocycles. The van der Waals surface area contributed by atoms with Crippen molar-refractivity contribution in [2.75, 3.05) is 38.7 Å². The van der Waals surface area contributed by atoms with Gasteiger partial charge in [0.1, 0.15) is 29.0 Å². The molecule has 1 fully saturated rings. The second-order valence-electron chi connectivity index (χ2n) is 9.59. The van der Waals surface area contributed by atoms with Gasteiger partial charge in [-0.25, -0.2) is 13.2 Å². The van der Waals surface area contributed by atoms with Crippen LogP contribution in [0.5, 0.6) is 5.75 Å². The number of methoxy groups -OCH3 is 1. The predicted octanol–water partition coefficient (Wildman–Crippen LogP) is 3.79. The zero-order chi connectivity index (χ0) is 29.9. The van der Waals surface area contributed by atoms with E-state index in [0.717, 1.165) is 5.56 Å². The Kier molecular flexibility index (Phi) is 8.69. The molecule has 11 nitrogen and oxygen atoms in total. The Morgan fingerprint density at radius 2 is 1.88 bits per heavy atom. The van der Waals surface area contributed by atoms with Crippen LogP contribution in [0.4, 0.5) is 5.69 Å². The van der Waals surface area contributed by atoms with Crippen molar-refractivity contribution in [1.29, 1.82) is 0 Å². The molecule has 0 radical (unpaired) electrons. The van der Waals surface area contributed by atoms with E-state index in [1.54, 1.807) is 42.5 Å². The number of aromatic amines is 1. The molecule has 4 N–H and O–H groups in total. The number of carbonyl (C=O) groups excluding carboxylic acids is 2. The molecule has 13 heteroatoms. The van der Waals surface area contributed by atoms with Gasteiger partial charge >= 0.3 is 5.97 Å². The van der Waals surface area contributed by atoms with E-state index in [9.17, 15) is 18.0 Å². The van der Waals surface area contributed by atoms with Crippen molar-refractivity contribution >= 4 is 50.1 Å². The van der Waals surface area contributed by atoms with Gasteiger partial charge in [0, 0.05) is 30.0 Å². The topological polar surface area (TPSA) is 153 Å².